The zero-order chi connectivity index (χ0) is 22.9. The zero-order valence-electron chi connectivity index (χ0n) is 18.1. The molecule has 0 unspecified atom stereocenters. The normalized spacial score (nSPS) is 13.1. The summed E-state index contributed by atoms with van der Waals surface area (Å²) in [5.41, 5.74) is 3.65. The molecule has 0 saturated heterocycles. The van der Waals surface area contributed by atoms with Crippen LogP contribution >= 0.6 is 34.4 Å². The fourth-order valence-corrected chi connectivity index (χ4v) is 6.68. The van der Waals surface area contributed by atoms with Gasteiger partial charge in [0.15, 0.2) is 0 Å². The molecule has 0 saturated carbocycles. The van der Waals surface area contributed by atoms with Gasteiger partial charge in [-0.3, -0.25) is 4.79 Å². The van der Waals surface area contributed by atoms with Crippen molar-refractivity contribution >= 4 is 61.7 Å². The molecule has 4 aromatic rings. The molecule has 0 atom stereocenters. The monoisotopic (exact) mass is 495 g/mol. The molecule has 2 amide bonds. The van der Waals surface area contributed by atoms with E-state index in [4.69, 9.17) is 9.72 Å². The number of rotatable bonds is 4. The number of ether oxygens (including phenoxy) is 1. The smallest absolute Gasteiger partial charge is 0.409 e. The highest BCUT2D eigenvalue weighted by Gasteiger charge is 2.30. The summed E-state index contributed by atoms with van der Waals surface area (Å²) in [6.07, 6.45) is 2.35. The predicted octanol–water partition coefficient (Wildman–Crippen LogP) is 6.12. The Hall–Kier alpha value is -2.88. The fraction of sp³-hybridized carbons (Fsp3) is 0.208. The summed E-state index contributed by atoms with van der Waals surface area (Å²) in [5, 5.41) is 4.78. The van der Waals surface area contributed by atoms with Gasteiger partial charge in [0.2, 0.25) is 0 Å². The number of thiazole rings is 1. The number of hydrogen-bond donors (Lipinski definition) is 1. The maximum absolute atomic E-state index is 13.1. The lowest BCUT2D eigenvalue weighted by Crippen LogP contribution is -2.35. The number of thioether (sulfide) groups is 1. The van der Waals surface area contributed by atoms with Crippen LogP contribution in [0.3, 0.4) is 0 Å². The van der Waals surface area contributed by atoms with Crippen molar-refractivity contribution in [3.8, 4) is 10.6 Å². The third-order valence-electron chi connectivity index (χ3n) is 5.58. The van der Waals surface area contributed by atoms with E-state index in [1.165, 1.54) is 18.4 Å². The van der Waals surface area contributed by atoms with E-state index in [1.54, 1.807) is 28.0 Å². The lowest BCUT2D eigenvalue weighted by molar-refractivity contribution is 0.102. The third-order valence-corrected chi connectivity index (χ3v) is 8.51. The molecule has 0 bridgehead atoms. The van der Waals surface area contributed by atoms with Gasteiger partial charge < -0.3 is 15.0 Å². The summed E-state index contributed by atoms with van der Waals surface area (Å²) < 4.78 is 6.02. The second kappa shape index (κ2) is 9.17. The molecule has 0 aliphatic carbocycles. The predicted molar refractivity (Wildman–Crippen MR) is 136 cm³/mol. The molecule has 1 aliphatic rings. The molecule has 1 aliphatic heterocycles. The van der Waals surface area contributed by atoms with E-state index in [0.717, 1.165) is 41.1 Å². The Morgan fingerprint density at radius 2 is 1.91 bits per heavy atom. The minimum absolute atomic E-state index is 0.159. The number of carbonyl (C=O) groups is 2. The third kappa shape index (κ3) is 4.23. The molecule has 0 spiro atoms. The Balaban J connectivity index is 1.55. The van der Waals surface area contributed by atoms with Gasteiger partial charge in [-0.15, -0.1) is 34.4 Å². The van der Waals surface area contributed by atoms with Crippen molar-refractivity contribution in [3.05, 3.63) is 64.5 Å². The molecule has 9 heteroatoms. The van der Waals surface area contributed by atoms with Gasteiger partial charge in [-0.05, 0) is 54.6 Å². The number of methoxy groups -OCH3 is 1. The Morgan fingerprint density at radius 1 is 1.12 bits per heavy atom. The molecule has 0 fully saturated rings. The first-order chi connectivity index (χ1) is 16.1. The highest BCUT2D eigenvalue weighted by atomic mass is 32.2. The molecule has 0 radical (unpaired) electrons. The van der Waals surface area contributed by atoms with Gasteiger partial charge in [0.1, 0.15) is 10.0 Å². The Bertz CT molecular complexity index is 1310. The topological polar surface area (TPSA) is 71.5 Å². The fourth-order valence-electron chi connectivity index (χ4n) is 3.90. The van der Waals surface area contributed by atoms with Crippen molar-refractivity contribution < 1.29 is 14.3 Å². The second-order valence-corrected chi connectivity index (χ2v) is 10.5. The Kier molecular flexibility index (Phi) is 6.09. The van der Waals surface area contributed by atoms with Crippen molar-refractivity contribution in [2.75, 3.05) is 25.2 Å². The zero-order valence-corrected chi connectivity index (χ0v) is 20.5. The first kappa shape index (κ1) is 21.9. The molecule has 5 rings (SSSR count). The van der Waals surface area contributed by atoms with Gasteiger partial charge in [-0.25, -0.2) is 9.78 Å². The van der Waals surface area contributed by atoms with Gasteiger partial charge >= 0.3 is 6.09 Å². The lowest BCUT2D eigenvalue weighted by atomic mass is 10.0. The average Bonchev–Trinajstić information content (AvgIpc) is 3.43. The quantitative estimate of drug-likeness (QED) is 0.345. The van der Waals surface area contributed by atoms with Gasteiger partial charge in [0, 0.05) is 27.4 Å². The standard InChI is InChI=1S/C24H21N3O3S3/c1-30-24(29)27-12-11-16-19(13-27)33-23(26-21(28)14-7-9-15(31-2)10-8-14)20(16)22-25-17-5-3-4-6-18(17)32-22/h3-10H,11-13H2,1-2H3,(H,26,28). The van der Waals surface area contributed by atoms with Crippen LogP contribution in [-0.2, 0) is 17.7 Å². The summed E-state index contributed by atoms with van der Waals surface area (Å²) in [6, 6.07) is 15.6. The maximum Gasteiger partial charge on any atom is 0.409 e. The van der Waals surface area contributed by atoms with E-state index >= 15 is 0 Å². The molecule has 33 heavy (non-hydrogen) atoms. The van der Waals surface area contributed by atoms with Crippen LogP contribution in [0, 0.1) is 0 Å². The van der Waals surface area contributed by atoms with Crippen LogP contribution in [-0.4, -0.2) is 41.8 Å². The average molecular weight is 496 g/mol. The lowest BCUT2D eigenvalue weighted by Gasteiger charge is -2.25. The molecule has 2 aromatic heterocycles. The summed E-state index contributed by atoms with van der Waals surface area (Å²) in [7, 11) is 1.40. The highest BCUT2D eigenvalue weighted by molar-refractivity contribution is 7.98. The number of hydrogen-bond acceptors (Lipinski definition) is 7. The molecule has 6 nitrogen and oxygen atoms in total. The van der Waals surface area contributed by atoms with E-state index in [0.29, 0.717) is 25.1 Å². The molecule has 3 heterocycles. The number of benzene rings is 2. The van der Waals surface area contributed by atoms with Gasteiger partial charge in [0.25, 0.3) is 5.91 Å². The number of para-hydroxylation sites is 1. The largest absolute Gasteiger partial charge is 0.453 e. The summed E-state index contributed by atoms with van der Waals surface area (Å²) in [5.74, 6) is -0.159. The Labute approximate surface area is 203 Å². The first-order valence-corrected chi connectivity index (χ1v) is 13.2. The van der Waals surface area contributed by atoms with Gasteiger partial charge in [0.05, 0.1) is 23.9 Å². The number of fused-ring (bicyclic) bond motifs is 2. The van der Waals surface area contributed by atoms with E-state index in [-0.39, 0.29) is 12.0 Å². The van der Waals surface area contributed by atoms with Crippen molar-refractivity contribution in [1.29, 1.82) is 0 Å². The van der Waals surface area contributed by atoms with Crippen LogP contribution in [0.4, 0.5) is 9.80 Å². The SMILES string of the molecule is COC(=O)N1CCc2c(sc(NC(=O)c3ccc(SC)cc3)c2-c2nc3ccccc3s2)C1. The Morgan fingerprint density at radius 3 is 2.64 bits per heavy atom. The highest BCUT2D eigenvalue weighted by Crippen LogP contribution is 2.45. The van der Waals surface area contributed by atoms with E-state index in [1.807, 2.05) is 48.7 Å². The number of thiophene rings is 1. The van der Waals surface area contributed by atoms with Crippen LogP contribution in [0.5, 0.6) is 0 Å². The van der Waals surface area contributed by atoms with Crippen molar-refractivity contribution in [2.24, 2.45) is 0 Å². The minimum Gasteiger partial charge on any atom is -0.453 e. The molecular formula is C24H21N3O3S3. The van der Waals surface area contributed by atoms with E-state index in [2.05, 4.69) is 11.4 Å². The summed E-state index contributed by atoms with van der Waals surface area (Å²) >= 11 is 4.77. The first-order valence-electron chi connectivity index (χ1n) is 10.4. The number of nitrogens with one attached hydrogen (secondary N) is 1. The summed E-state index contributed by atoms with van der Waals surface area (Å²) in [4.78, 5) is 33.9. The van der Waals surface area contributed by atoms with Crippen LogP contribution in [0.1, 0.15) is 20.8 Å². The van der Waals surface area contributed by atoms with Crippen molar-refractivity contribution in [1.82, 2.24) is 9.88 Å². The minimum atomic E-state index is -0.338. The molecule has 1 N–H and O–H groups in total. The van der Waals surface area contributed by atoms with Crippen LogP contribution in [0.15, 0.2) is 53.4 Å². The molecule has 168 valence electrons. The van der Waals surface area contributed by atoms with Gasteiger partial charge in [-0.2, -0.15) is 0 Å². The van der Waals surface area contributed by atoms with Crippen LogP contribution in [0.25, 0.3) is 20.8 Å². The second-order valence-electron chi connectivity index (χ2n) is 7.52. The van der Waals surface area contributed by atoms with Crippen LogP contribution in [0.2, 0.25) is 0 Å². The summed E-state index contributed by atoms with van der Waals surface area (Å²) in [6.45, 7) is 1.03. The maximum atomic E-state index is 13.1. The number of aromatic nitrogens is 1. The van der Waals surface area contributed by atoms with E-state index < -0.39 is 0 Å². The molecule has 2 aromatic carbocycles. The number of anilines is 1. The van der Waals surface area contributed by atoms with Crippen LogP contribution < -0.4 is 5.32 Å². The van der Waals surface area contributed by atoms with Gasteiger partial charge in [-0.1, -0.05) is 12.1 Å². The number of carbonyl (C=O) groups excluding carboxylic acids is 2. The number of amides is 2. The molecular weight excluding hydrogens is 474 g/mol. The van der Waals surface area contributed by atoms with Crippen molar-refractivity contribution in [3.63, 3.8) is 0 Å². The van der Waals surface area contributed by atoms with Crippen molar-refractivity contribution in [2.45, 2.75) is 17.9 Å². The number of nitrogens with zero attached hydrogens (tertiary/aromatic N) is 2. The van der Waals surface area contributed by atoms with E-state index in [9.17, 15) is 9.59 Å².